The zero-order chi connectivity index (χ0) is 18.9. The van der Waals surface area contributed by atoms with Crippen LogP contribution in [0.15, 0.2) is 12.1 Å². The first-order chi connectivity index (χ1) is 11.7. The van der Waals surface area contributed by atoms with Gasteiger partial charge in [0.05, 0.1) is 11.4 Å². The number of aliphatic hydroxyl groups is 2. The highest BCUT2D eigenvalue weighted by molar-refractivity contribution is 14.1. The molecule has 0 aromatic heterocycles. The summed E-state index contributed by atoms with van der Waals surface area (Å²) in [6.07, 6.45) is -1.14. The van der Waals surface area contributed by atoms with Gasteiger partial charge in [-0.25, -0.2) is 0 Å². The van der Waals surface area contributed by atoms with Crippen molar-refractivity contribution < 1.29 is 19.8 Å². The second kappa shape index (κ2) is 9.11. The second-order valence-electron chi connectivity index (χ2n) is 5.06. The third kappa shape index (κ3) is 4.85. The molecule has 0 fully saturated rings. The van der Waals surface area contributed by atoms with Crippen LogP contribution >= 0.6 is 90.4 Å². The summed E-state index contributed by atoms with van der Waals surface area (Å²) in [5.74, 6) is -1.02. The first-order valence-electron chi connectivity index (χ1n) is 6.86. The monoisotopic (exact) mass is 792 g/mol. The highest BCUT2D eigenvalue weighted by atomic mass is 127. The SMILES string of the molecule is CC(O)C(=O)Nc1cc(I)c(I)c2c(NC(=O)CO)cc(I)c(I)c12. The number of rotatable bonds is 4. The molecule has 0 bridgehead atoms. The highest BCUT2D eigenvalue weighted by Gasteiger charge is 2.20. The quantitative estimate of drug-likeness (QED) is 0.357. The average Bonchev–Trinajstić information content (AvgIpc) is 2.55. The Hall–Kier alpha value is 0.480. The minimum Gasteiger partial charge on any atom is -0.387 e. The van der Waals surface area contributed by atoms with Crippen LogP contribution in [0.25, 0.3) is 10.8 Å². The van der Waals surface area contributed by atoms with Crippen molar-refractivity contribution in [2.45, 2.75) is 13.0 Å². The molecule has 0 heterocycles. The van der Waals surface area contributed by atoms with E-state index in [0.29, 0.717) is 11.4 Å². The molecule has 0 saturated carbocycles. The minimum atomic E-state index is -1.14. The van der Waals surface area contributed by atoms with Crippen molar-refractivity contribution in [3.8, 4) is 0 Å². The number of hydrogen-bond donors (Lipinski definition) is 4. The molecule has 0 saturated heterocycles. The lowest BCUT2D eigenvalue weighted by Crippen LogP contribution is -2.25. The van der Waals surface area contributed by atoms with E-state index in [-0.39, 0.29) is 0 Å². The standard InChI is InChI=1S/C15H12I4N2O4/c1-5(23)15(25)21-9-3-7(17)13(18)11-8(20-10(24)4-22)2-6(16)14(19)12(9)11/h2-3,5,22-23H,4H2,1H3,(H,20,24)(H,21,25). The number of nitrogens with one attached hydrogen (secondary N) is 2. The van der Waals surface area contributed by atoms with Crippen molar-refractivity contribution in [2.24, 2.45) is 0 Å². The van der Waals surface area contributed by atoms with Gasteiger partial charge in [0.25, 0.3) is 5.91 Å². The topological polar surface area (TPSA) is 98.7 Å². The lowest BCUT2D eigenvalue weighted by molar-refractivity contribution is -0.123. The van der Waals surface area contributed by atoms with Crippen LogP contribution < -0.4 is 10.6 Å². The van der Waals surface area contributed by atoms with Crippen molar-refractivity contribution in [1.82, 2.24) is 0 Å². The van der Waals surface area contributed by atoms with Gasteiger partial charge in [-0.2, -0.15) is 0 Å². The normalized spacial score (nSPS) is 12.1. The molecule has 10 heteroatoms. The van der Waals surface area contributed by atoms with Crippen LogP contribution in [0.1, 0.15) is 6.92 Å². The molecule has 6 nitrogen and oxygen atoms in total. The van der Waals surface area contributed by atoms with Crippen LogP contribution in [0.3, 0.4) is 0 Å². The Morgan fingerprint density at radius 3 is 1.84 bits per heavy atom. The van der Waals surface area contributed by atoms with Gasteiger partial charge in [0, 0.05) is 25.1 Å². The molecule has 0 aliphatic heterocycles. The predicted molar refractivity (Wildman–Crippen MR) is 131 cm³/mol. The molecule has 1 atom stereocenters. The van der Waals surface area contributed by atoms with Crippen LogP contribution in [0, 0.1) is 14.3 Å². The fourth-order valence-corrected chi connectivity index (χ4v) is 4.71. The van der Waals surface area contributed by atoms with Crippen molar-refractivity contribution in [1.29, 1.82) is 0 Å². The summed E-state index contributed by atoms with van der Waals surface area (Å²) >= 11 is 8.69. The van der Waals surface area contributed by atoms with E-state index in [1.807, 2.05) is 12.1 Å². The summed E-state index contributed by atoms with van der Waals surface area (Å²) in [6.45, 7) is 0.785. The van der Waals surface area contributed by atoms with Crippen LogP contribution in [0.5, 0.6) is 0 Å². The molecule has 134 valence electrons. The third-order valence-electron chi connectivity index (χ3n) is 3.24. The summed E-state index contributed by atoms with van der Waals surface area (Å²) in [7, 11) is 0. The van der Waals surface area contributed by atoms with E-state index in [1.54, 1.807) is 0 Å². The molecule has 2 amide bonds. The van der Waals surface area contributed by atoms with Gasteiger partial charge in [-0.3, -0.25) is 9.59 Å². The number of carbonyl (C=O) groups is 2. The number of carbonyl (C=O) groups excluding carboxylic acids is 2. The number of hydrogen-bond acceptors (Lipinski definition) is 4. The van der Waals surface area contributed by atoms with Crippen LogP contribution in [0.2, 0.25) is 0 Å². The molecule has 4 N–H and O–H groups in total. The lowest BCUT2D eigenvalue weighted by Gasteiger charge is -2.18. The van der Waals surface area contributed by atoms with Crippen molar-refractivity contribution in [3.63, 3.8) is 0 Å². The van der Waals surface area contributed by atoms with Gasteiger partial charge in [-0.15, -0.1) is 0 Å². The molecule has 0 aliphatic rings. The number of amides is 2. The first-order valence-corrected chi connectivity index (χ1v) is 11.2. The Morgan fingerprint density at radius 2 is 1.44 bits per heavy atom. The number of anilines is 2. The summed E-state index contributed by atoms with van der Waals surface area (Å²) in [4.78, 5) is 23.7. The van der Waals surface area contributed by atoms with E-state index in [2.05, 4.69) is 101 Å². The van der Waals surface area contributed by atoms with E-state index < -0.39 is 24.5 Å². The third-order valence-corrected chi connectivity index (χ3v) is 9.25. The summed E-state index contributed by atoms with van der Waals surface area (Å²) < 4.78 is 3.63. The average molecular weight is 792 g/mol. The highest BCUT2D eigenvalue weighted by Crippen LogP contribution is 2.41. The summed E-state index contributed by atoms with van der Waals surface area (Å²) in [5.41, 5.74) is 1.13. The van der Waals surface area contributed by atoms with Gasteiger partial charge >= 0.3 is 0 Å². The number of aliphatic hydroxyl groups excluding tert-OH is 2. The van der Waals surface area contributed by atoms with Gasteiger partial charge in [0.2, 0.25) is 5.91 Å². The summed E-state index contributed by atoms with van der Waals surface area (Å²) in [5, 5.41) is 25.6. The molecule has 2 rings (SSSR count). The molecular formula is C15H12I4N2O4. The van der Waals surface area contributed by atoms with E-state index in [1.165, 1.54) is 6.92 Å². The molecule has 1 unspecified atom stereocenters. The van der Waals surface area contributed by atoms with Gasteiger partial charge < -0.3 is 20.8 Å². The molecule has 2 aromatic rings. The Labute approximate surface area is 198 Å². The largest absolute Gasteiger partial charge is 0.387 e. The van der Waals surface area contributed by atoms with E-state index >= 15 is 0 Å². The number of halogens is 4. The predicted octanol–water partition coefficient (Wildman–Crippen LogP) is 3.51. The molecule has 25 heavy (non-hydrogen) atoms. The van der Waals surface area contributed by atoms with E-state index in [9.17, 15) is 14.7 Å². The summed E-state index contributed by atoms with van der Waals surface area (Å²) in [6, 6.07) is 3.66. The Morgan fingerprint density at radius 1 is 1.00 bits per heavy atom. The smallest absolute Gasteiger partial charge is 0.252 e. The van der Waals surface area contributed by atoms with Gasteiger partial charge in [0.1, 0.15) is 12.7 Å². The Bertz CT molecular complexity index is 871. The number of fused-ring (bicyclic) bond motifs is 1. The van der Waals surface area contributed by atoms with Crippen LogP contribution in [-0.2, 0) is 9.59 Å². The molecule has 0 aliphatic carbocycles. The van der Waals surface area contributed by atoms with Crippen molar-refractivity contribution in [3.05, 3.63) is 26.4 Å². The van der Waals surface area contributed by atoms with Gasteiger partial charge in [0.15, 0.2) is 0 Å². The fourth-order valence-electron chi connectivity index (χ4n) is 2.11. The molecule has 2 aromatic carbocycles. The van der Waals surface area contributed by atoms with Crippen LogP contribution in [0.4, 0.5) is 11.4 Å². The van der Waals surface area contributed by atoms with Gasteiger partial charge in [-0.05, 0) is 109 Å². The Kier molecular flexibility index (Phi) is 7.94. The Balaban J connectivity index is 2.81. The van der Waals surface area contributed by atoms with Gasteiger partial charge in [-0.1, -0.05) is 0 Å². The maximum atomic E-state index is 12.0. The van der Waals surface area contributed by atoms with Crippen molar-refractivity contribution >= 4 is 124 Å². The lowest BCUT2D eigenvalue weighted by atomic mass is 10.1. The minimum absolute atomic E-state index is 0.506. The second-order valence-corrected chi connectivity index (χ2v) is 9.54. The van der Waals surface area contributed by atoms with Crippen LogP contribution in [-0.4, -0.2) is 34.7 Å². The van der Waals surface area contributed by atoms with E-state index in [0.717, 1.165) is 25.1 Å². The maximum absolute atomic E-state index is 12.0. The van der Waals surface area contributed by atoms with Crippen molar-refractivity contribution in [2.75, 3.05) is 17.2 Å². The zero-order valence-corrected chi connectivity index (χ0v) is 21.3. The molecular weight excluding hydrogens is 780 g/mol. The molecule has 0 radical (unpaired) electrons. The maximum Gasteiger partial charge on any atom is 0.252 e. The fraction of sp³-hybridized carbons (Fsp3) is 0.200. The molecule has 0 spiro atoms. The first kappa shape index (κ1) is 21.8. The number of benzene rings is 2. The van der Waals surface area contributed by atoms with E-state index in [4.69, 9.17) is 5.11 Å². The zero-order valence-electron chi connectivity index (χ0n) is 12.7.